The van der Waals surface area contributed by atoms with E-state index in [-0.39, 0.29) is 26.0 Å². The number of halogens is 7. The first-order chi connectivity index (χ1) is 16.3. The standard InChI is InChI=1S/C19H20F7N5O4/c20-14-9-29(5-6-30(14)15(28-10-32)18(21,22)23)11-1-3-12(4-2-11)31-8-13(35-17(31)34)7-27-16(33)19(24,25)26/h1-4,10,13-15H,5-9H2,(H,27,33)(H,28,32)/t13?,14-,15?/m1/s1. The van der Waals surface area contributed by atoms with Crippen LogP contribution in [0.25, 0.3) is 0 Å². The molecule has 0 saturated carbocycles. The lowest BCUT2D eigenvalue weighted by Crippen LogP contribution is -2.63. The van der Waals surface area contributed by atoms with E-state index in [0.29, 0.717) is 16.3 Å². The van der Waals surface area contributed by atoms with Crippen molar-refractivity contribution in [3.63, 3.8) is 0 Å². The van der Waals surface area contributed by atoms with Crippen LogP contribution in [-0.2, 0) is 14.3 Å². The number of cyclic esters (lactones) is 1. The van der Waals surface area contributed by atoms with Crippen LogP contribution < -0.4 is 20.4 Å². The first kappa shape index (κ1) is 26.3. The number of hydrogen-bond acceptors (Lipinski definition) is 6. The van der Waals surface area contributed by atoms with E-state index < -0.39 is 56.0 Å². The number of anilines is 2. The summed E-state index contributed by atoms with van der Waals surface area (Å²) in [4.78, 5) is 36.6. The molecule has 0 spiro atoms. The number of carbonyl (C=O) groups is 3. The van der Waals surface area contributed by atoms with Crippen molar-refractivity contribution in [1.82, 2.24) is 15.5 Å². The van der Waals surface area contributed by atoms with Gasteiger partial charge in [0.2, 0.25) is 6.41 Å². The van der Waals surface area contributed by atoms with E-state index in [9.17, 15) is 45.1 Å². The molecule has 2 N–H and O–H groups in total. The summed E-state index contributed by atoms with van der Waals surface area (Å²) in [5, 5.41) is 3.21. The monoisotopic (exact) mass is 515 g/mol. The lowest BCUT2D eigenvalue weighted by Gasteiger charge is -2.42. The summed E-state index contributed by atoms with van der Waals surface area (Å²) < 4.78 is 95.7. The molecular weight excluding hydrogens is 495 g/mol. The SMILES string of the molecule is O=CNC(N1CCN(c2ccc(N3CC(CNC(=O)C(F)(F)F)OC3=O)cc2)C[C@@H]1F)C(F)(F)F. The highest BCUT2D eigenvalue weighted by Crippen LogP contribution is 2.30. The van der Waals surface area contributed by atoms with Crippen molar-refractivity contribution < 1.29 is 49.9 Å². The van der Waals surface area contributed by atoms with Gasteiger partial charge in [-0.1, -0.05) is 0 Å². The van der Waals surface area contributed by atoms with Crippen LogP contribution in [0.1, 0.15) is 0 Å². The van der Waals surface area contributed by atoms with E-state index in [1.807, 2.05) is 0 Å². The predicted molar refractivity (Wildman–Crippen MR) is 106 cm³/mol. The van der Waals surface area contributed by atoms with E-state index in [1.54, 1.807) is 10.6 Å². The van der Waals surface area contributed by atoms with Gasteiger partial charge in [-0.2, -0.15) is 26.3 Å². The van der Waals surface area contributed by atoms with Crippen molar-refractivity contribution in [3.05, 3.63) is 24.3 Å². The average Bonchev–Trinajstić information content (AvgIpc) is 3.15. The van der Waals surface area contributed by atoms with Gasteiger partial charge in [0.15, 0.2) is 12.5 Å². The summed E-state index contributed by atoms with van der Waals surface area (Å²) in [5.74, 6) is -2.16. The van der Waals surface area contributed by atoms with Crippen LogP contribution in [0.15, 0.2) is 24.3 Å². The number of amides is 3. The van der Waals surface area contributed by atoms with Crippen LogP contribution in [-0.4, -0.2) is 87.0 Å². The fourth-order valence-corrected chi connectivity index (χ4v) is 3.71. The Balaban J connectivity index is 1.59. The maximum atomic E-state index is 14.6. The molecule has 1 aromatic rings. The minimum Gasteiger partial charge on any atom is -0.442 e. The van der Waals surface area contributed by atoms with Crippen molar-refractivity contribution in [2.45, 2.75) is 30.9 Å². The fraction of sp³-hybridized carbons (Fsp3) is 0.526. The topological polar surface area (TPSA) is 94.2 Å². The number of nitrogens with one attached hydrogen (secondary N) is 2. The van der Waals surface area contributed by atoms with Gasteiger partial charge in [-0.15, -0.1) is 0 Å². The summed E-state index contributed by atoms with van der Waals surface area (Å²) in [6.07, 6.45) is -16.4. The Morgan fingerprint density at radius 1 is 1.09 bits per heavy atom. The van der Waals surface area contributed by atoms with E-state index >= 15 is 0 Å². The third-order valence-corrected chi connectivity index (χ3v) is 5.37. The molecule has 1 aromatic carbocycles. The molecule has 2 fully saturated rings. The van der Waals surface area contributed by atoms with E-state index in [4.69, 9.17) is 4.74 Å². The summed E-state index contributed by atoms with van der Waals surface area (Å²) in [7, 11) is 0. The number of alkyl halides is 7. The normalized spacial score (nSPS) is 22.5. The van der Waals surface area contributed by atoms with Crippen molar-refractivity contribution in [2.75, 3.05) is 42.5 Å². The number of benzene rings is 1. The van der Waals surface area contributed by atoms with Crippen molar-refractivity contribution in [3.8, 4) is 0 Å². The maximum absolute atomic E-state index is 14.6. The maximum Gasteiger partial charge on any atom is 0.471 e. The second-order valence-electron chi connectivity index (χ2n) is 7.69. The third kappa shape index (κ3) is 6.23. The second-order valence-corrected chi connectivity index (χ2v) is 7.69. The van der Waals surface area contributed by atoms with Gasteiger partial charge in [-0.3, -0.25) is 14.5 Å². The number of rotatable bonds is 7. The first-order valence-electron chi connectivity index (χ1n) is 10.2. The van der Waals surface area contributed by atoms with Crippen LogP contribution in [0.3, 0.4) is 0 Å². The first-order valence-corrected chi connectivity index (χ1v) is 10.2. The summed E-state index contributed by atoms with van der Waals surface area (Å²) in [6.45, 7) is -1.42. The number of nitrogens with zero attached hydrogens (tertiary/aromatic N) is 3. The Hall–Kier alpha value is -3.30. The van der Waals surface area contributed by atoms with Crippen molar-refractivity contribution in [1.29, 1.82) is 0 Å². The summed E-state index contributed by atoms with van der Waals surface area (Å²) >= 11 is 0. The highest BCUT2D eigenvalue weighted by molar-refractivity contribution is 5.90. The number of piperazine rings is 1. The molecule has 0 bridgehead atoms. The Kier molecular flexibility index (Phi) is 7.62. The molecular formula is C19H20F7N5O4. The van der Waals surface area contributed by atoms with E-state index in [2.05, 4.69) is 0 Å². The molecule has 2 aliphatic rings. The lowest BCUT2D eigenvalue weighted by atomic mass is 10.2. The highest BCUT2D eigenvalue weighted by atomic mass is 19.4. The molecule has 2 aliphatic heterocycles. The molecule has 2 unspecified atom stereocenters. The molecule has 0 aliphatic carbocycles. The van der Waals surface area contributed by atoms with Crippen LogP contribution in [0.5, 0.6) is 0 Å². The summed E-state index contributed by atoms with van der Waals surface area (Å²) in [6, 6.07) is 5.90. The molecule has 35 heavy (non-hydrogen) atoms. The number of ether oxygens (including phenoxy) is 1. The zero-order chi connectivity index (χ0) is 26.0. The molecule has 3 rings (SSSR count). The second kappa shape index (κ2) is 10.1. The molecule has 9 nitrogen and oxygen atoms in total. The van der Waals surface area contributed by atoms with Crippen LogP contribution in [0, 0.1) is 0 Å². The predicted octanol–water partition coefficient (Wildman–Crippen LogP) is 1.74. The van der Waals surface area contributed by atoms with Crippen LogP contribution in [0.2, 0.25) is 0 Å². The third-order valence-electron chi connectivity index (χ3n) is 5.37. The molecule has 3 amide bonds. The van der Waals surface area contributed by atoms with Gasteiger partial charge in [0.05, 0.1) is 19.6 Å². The van der Waals surface area contributed by atoms with Crippen LogP contribution in [0.4, 0.5) is 46.9 Å². The van der Waals surface area contributed by atoms with Gasteiger partial charge in [0, 0.05) is 24.5 Å². The smallest absolute Gasteiger partial charge is 0.442 e. The summed E-state index contributed by atoms with van der Waals surface area (Å²) in [5.41, 5.74) is 0.760. The van der Waals surface area contributed by atoms with Crippen molar-refractivity contribution >= 4 is 29.8 Å². The van der Waals surface area contributed by atoms with E-state index in [1.165, 1.54) is 29.2 Å². The molecule has 194 valence electrons. The molecule has 2 saturated heterocycles. The van der Waals surface area contributed by atoms with Crippen molar-refractivity contribution in [2.24, 2.45) is 0 Å². The molecule has 0 radical (unpaired) electrons. The zero-order valence-corrected chi connectivity index (χ0v) is 17.8. The minimum absolute atomic E-state index is 0.0135. The van der Waals surface area contributed by atoms with Gasteiger partial charge in [0.1, 0.15) is 6.10 Å². The Labute approximate surface area is 193 Å². The van der Waals surface area contributed by atoms with Gasteiger partial charge >= 0.3 is 24.4 Å². The molecule has 0 aromatic heterocycles. The van der Waals surface area contributed by atoms with Crippen LogP contribution >= 0.6 is 0 Å². The largest absolute Gasteiger partial charge is 0.471 e. The average molecular weight is 515 g/mol. The molecule has 16 heteroatoms. The Morgan fingerprint density at radius 2 is 1.71 bits per heavy atom. The number of hydrogen-bond donors (Lipinski definition) is 2. The highest BCUT2D eigenvalue weighted by Gasteiger charge is 2.47. The molecule has 2 heterocycles. The van der Waals surface area contributed by atoms with Gasteiger partial charge < -0.3 is 20.3 Å². The van der Waals surface area contributed by atoms with Gasteiger partial charge in [-0.25, -0.2) is 14.1 Å². The van der Waals surface area contributed by atoms with Gasteiger partial charge in [-0.05, 0) is 24.3 Å². The quantitative estimate of drug-likeness (QED) is 0.327. The van der Waals surface area contributed by atoms with Gasteiger partial charge in [0.25, 0.3) is 0 Å². The Morgan fingerprint density at radius 3 is 2.26 bits per heavy atom. The number of carbonyl (C=O) groups excluding carboxylic acids is 3. The Bertz CT molecular complexity index is 928. The minimum atomic E-state index is -5.07. The molecule has 3 atom stereocenters. The fourth-order valence-electron chi connectivity index (χ4n) is 3.71. The lowest BCUT2D eigenvalue weighted by molar-refractivity contribution is -0.207. The zero-order valence-electron chi connectivity index (χ0n) is 17.8. The van der Waals surface area contributed by atoms with E-state index in [0.717, 1.165) is 4.90 Å².